The van der Waals surface area contributed by atoms with Gasteiger partial charge < -0.3 is 10.1 Å². The summed E-state index contributed by atoms with van der Waals surface area (Å²) < 4.78 is 5.62. The van der Waals surface area contributed by atoms with E-state index in [0.717, 1.165) is 5.56 Å². The van der Waals surface area contributed by atoms with Crippen LogP contribution >= 0.6 is 11.6 Å². The minimum absolute atomic E-state index is 0.188. The molecule has 30 heavy (non-hydrogen) atoms. The van der Waals surface area contributed by atoms with Crippen LogP contribution in [0.5, 0.6) is 5.75 Å². The number of hydrogen-bond acceptors (Lipinski definition) is 4. The van der Waals surface area contributed by atoms with Crippen molar-refractivity contribution >= 4 is 35.3 Å². The van der Waals surface area contributed by atoms with E-state index in [1.807, 2.05) is 31.2 Å². The summed E-state index contributed by atoms with van der Waals surface area (Å²) >= 11 is 6.06. The third-order valence-electron chi connectivity index (χ3n) is 4.04. The third-order valence-corrected chi connectivity index (χ3v) is 4.27. The van der Waals surface area contributed by atoms with Crippen LogP contribution in [-0.4, -0.2) is 24.6 Å². The summed E-state index contributed by atoms with van der Waals surface area (Å²) in [4.78, 5) is 24.2. The van der Waals surface area contributed by atoms with Crippen LogP contribution in [0, 0.1) is 6.92 Å². The average molecular weight is 422 g/mol. The normalized spacial score (nSPS) is 10.6. The Bertz CT molecular complexity index is 1070. The van der Waals surface area contributed by atoms with Crippen LogP contribution in [0.25, 0.3) is 0 Å². The molecule has 0 spiro atoms. The molecule has 0 aliphatic carbocycles. The Kier molecular flexibility index (Phi) is 7.19. The Morgan fingerprint density at radius 1 is 1.03 bits per heavy atom. The van der Waals surface area contributed by atoms with Crippen LogP contribution < -0.4 is 15.5 Å². The van der Waals surface area contributed by atoms with Crippen molar-refractivity contribution in [3.63, 3.8) is 0 Å². The summed E-state index contributed by atoms with van der Waals surface area (Å²) in [5.41, 5.74) is 5.21. The summed E-state index contributed by atoms with van der Waals surface area (Å²) in [6, 6.07) is 21.1. The fraction of sp³-hybridized carbons (Fsp3) is 0.0870. The zero-order valence-corrected chi connectivity index (χ0v) is 17.0. The van der Waals surface area contributed by atoms with Gasteiger partial charge in [0.15, 0.2) is 6.61 Å². The van der Waals surface area contributed by atoms with E-state index in [-0.39, 0.29) is 18.4 Å². The van der Waals surface area contributed by atoms with Gasteiger partial charge in [0, 0.05) is 21.8 Å². The first kappa shape index (κ1) is 21.1. The van der Waals surface area contributed by atoms with Crippen LogP contribution in [0.4, 0.5) is 5.69 Å². The Hall–Kier alpha value is -3.64. The molecule has 0 bridgehead atoms. The first-order valence-corrected chi connectivity index (χ1v) is 9.56. The smallest absolute Gasteiger partial charge is 0.271 e. The van der Waals surface area contributed by atoms with E-state index in [9.17, 15) is 9.59 Å². The number of benzene rings is 3. The number of hydrogen-bond donors (Lipinski definition) is 2. The molecule has 3 aromatic carbocycles. The van der Waals surface area contributed by atoms with Crippen molar-refractivity contribution < 1.29 is 14.3 Å². The van der Waals surface area contributed by atoms with Crippen LogP contribution in [-0.2, 0) is 4.79 Å². The molecule has 0 heterocycles. The summed E-state index contributed by atoms with van der Waals surface area (Å²) in [6.07, 6.45) is 1.42. The number of halogens is 1. The molecule has 7 heteroatoms. The van der Waals surface area contributed by atoms with Crippen molar-refractivity contribution in [1.82, 2.24) is 5.43 Å². The lowest BCUT2D eigenvalue weighted by Crippen LogP contribution is -2.20. The van der Waals surface area contributed by atoms with Crippen LogP contribution in [0.2, 0.25) is 5.02 Å². The Balaban J connectivity index is 1.61. The summed E-state index contributed by atoms with van der Waals surface area (Å²) in [6.45, 7) is 1.76. The maximum absolute atomic E-state index is 12.2. The van der Waals surface area contributed by atoms with Crippen LogP contribution in [0.15, 0.2) is 77.9 Å². The molecule has 6 nitrogen and oxygen atoms in total. The largest absolute Gasteiger partial charge is 0.483 e. The zero-order chi connectivity index (χ0) is 21.3. The van der Waals surface area contributed by atoms with E-state index in [1.165, 1.54) is 6.21 Å². The highest BCUT2D eigenvalue weighted by Crippen LogP contribution is 2.21. The van der Waals surface area contributed by atoms with E-state index in [2.05, 4.69) is 15.8 Å². The summed E-state index contributed by atoms with van der Waals surface area (Å²) in [5, 5.41) is 7.21. The maximum atomic E-state index is 12.2. The highest BCUT2D eigenvalue weighted by molar-refractivity contribution is 6.30. The molecule has 2 N–H and O–H groups in total. The molecule has 0 atom stereocenters. The molecular weight excluding hydrogens is 402 g/mol. The number of nitrogens with zero attached hydrogens (tertiary/aromatic N) is 1. The highest BCUT2D eigenvalue weighted by atomic mass is 35.5. The number of ether oxygens (including phenoxy) is 1. The molecule has 0 aliphatic rings. The lowest BCUT2D eigenvalue weighted by Gasteiger charge is -2.10. The molecule has 0 fully saturated rings. The topological polar surface area (TPSA) is 79.8 Å². The van der Waals surface area contributed by atoms with Gasteiger partial charge in [-0.25, -0.2) is 5.43 Å². The summed E-state index contributed by atoms with van der Waals surface area (Å²) in [5.74, 6) is -0.221. The lowest BCUT2D eigenvalue weighted by atomic mass is 10.2. The zero-order valence-electron chi connectivity index (χ0n) is 16.3. The van der Waals surface area contributed by atoms with Gasteiger partial charge in [-0.2, -0.15) is 5.10 Å². The number of nitrogens with one attached hydrogen (secondary N) is 2. The van der Waals surface area contributed by atoms with Gasteiger partial charge in [0.2, 0.25) is 0 Å². The standard InChI is InChI=1S/C23H20ClN3O3/c1-16-6-5-9-20(12-16)26-22(28)15-30-21-11-10-19(24)13-18(21)14-25-27-23(29)17-7-3-2-4-8-17/h2-14H,15H2,1H3,(H,26,28)(H,27,29)/b25-14+. The maximum Gasteiger partial charge on any atom is 0.271 e. The van der Waals surface area contributed by atoms with Crippen molar-refractivity contribution in [2.24, 2.45) is 5.10 Å². The van der Waals surface area contributed by atoms with Gasteiger partial charge in [0.25, 0.3) is 11.8 Å². The van der Waals surface area contributed by atoms with E-state index >= 15 is 0 Å². The van der Waals surface area contributed by atoms with E-state index < -0.39 is 0 Å². The van der Waals surface area contributed by atoms with Gasteiger partial charge in [-0.3, -0.25) is 9.59 Å². The number of rotatable bonds is 7. The number of hydrazone groups is 1. The van der Waals surface area contributed by atoms with Crippen LogP contribution in [0.1, 0.15) is 21.5 Å². The van der Waals surface area contributed by atoms with E-state index in [0.29, 0.717) is 27.6 Å². The average Bonchev–Trinajstić information content (AvgIpc) is 2.73. The molecule has 0 radical (unpaired) electrons. The quantitative estimate of drug-likeness (QED) is 0.437. The molecule has 3 aromatic rings. The van der Waals surface area contributed by atoms with Crippen molar-refractivity contribution in [3.8, 4) is 5.75 Å². The third kappa shape index (κ3) is 6.18. The SMILES string of the molecule is Cc1cccc(NC(=O)COc2ccc(Cl)cc2/C=N/NC(=O)c2ccccc2)c1. The van der Waals surface area contributed by atoms with Crippen molar-refractivity contribution in [2.45, 2.75) is 6.92 Å². The second kappa shape index (κ2) is 10.2. The van der Waals surface area contributed by atoms with Gasteiger partial charge in [-0.15, -0.1) is 0 Å². The first-order chi connectivity index (χ1) is 14.5. The Morgan fingerprint density at radius 3 is 2.60 bits per heavy atom. The minimum Gasteiger partial charge on any atom is -0.483 e. The first-order valence-electron chi connectivity index (χ1n) is 9.18. The number of amides is 2. The lowest BCUT2D eigenvalue weighted by molar-refractivity contribution is -0.118. The second-order valence-corrected chi connectivity index (χ2v) is 6.89. The molecule has 0 unspecified atom stereocenters. The Labute approximate surface area is 179 Å². The van der Waals surface area contributed by atoms with E-state index in [1.54, 1.807) is 48.5 Å². The number of anilines is 1. The monoisotopic (exact) mass is 421 g/mol. The molecule has 0 saturated heterocycles. The minimum atomic E-state index is -0.339. The van der Waals surface area contributed by atoms with Gasteiger partial charge in [-0.05, 0) is 55.0 Å². The van der Waals surface area contributed by atoms with Gasteiger partial charge in [0.05, 0.1) is 6.21 Å². The fourth-order valence-electron chi connectivity index (χ4n) is 2.63. The van der Waals surface area contributed by atoms with E-state index in [4.69, 9.17) is 16.3 Å². The number of carbonyl (C=O) groups excluding carboxylic acids is 2. The molecule has 152 valence electrons. The molecule has 0 aromatic heterocycles. The van der Waals surface area contributed by atoms with Crippen molar-refractivity contribution in [3.05, 3.63) is 94.5 Å². The fourth-order valence-corrected chi connectivity index (χ4v) is 2.81. The van der Waals surface area contributed by atoms with Gasteiger partial charge in [0.1, 0.15) is 5.75 Å². The highest BCUT2D eigenvalue weighted by Gasteiger charge is 2.08. The second-order valence-electron chi connectivity index (χ2n) is 6.45. The van der Waals surface area contributed by atoms with Gasteiger partial charge in [-0.1, -0.05) is 41.9 Å². The molecular formula is C23H20ClN3O3. The van der Waals surface area contributed by atoms with Gasteiger partial charge >= 0.3 is 0 Å². The molecule has 2 amide bonds. The molecule has 0 saturated carbocycles. The molecule has 3 rings (SSSR count). The van der Waals surface area contributed by atoms with Crippen LogP contribution in [0.3, 0.4) is 0 Å². The summed E-state index contributed by atoms with van der Waals surface area (Å²) in [7, 11) is 0. The number of carbonyl (C=O) groups is 2. The predicted octanol–water partition coefficient (Wildman–Crippen LogP) is 4.43. The van der Waals surface area contributed by atoms with Crippen molar-refractivity contribution in [2.75, 3.05) is 11.9 Å². The number of aryl methyl sites for hydroxylation is 1. The predicted molar refractivity (Wildman–Crippen MR) is 118 cm³/mol. The van der Waals surface area contributed by atoms with Crippen molar-refractivity contribution in [1.29, 1.82) is 0 Å². The molecule has 0 aliphatic heterocycles. The Morgan fingerprint density at radius 2 is 1.83 bits per heavy atom.